The van der Waals surface area contributed by atoms with Crippen LogP contribution in [0.5, 0.6) is 11.5 Å². The van der Waals surface area contributed by atoms with E-state index >= 15 is 0 Å². The van der Waals surface area contributed by atoms with Gasteiger partial charge in [-0.25, -0.2) is 8.78 Å². The third-order valence-electron chi connectivity index (χ3n) is 5.00. The summed E-state index contributed by atoms with van der Waals surface area (Å²) in [4.78, 5) is 14.2. The predicted octanol–water partition coefficient (Wildman–Crippen LogP) is 4.93. The van der Waals surface area contributed by atoms with E-state index in [0.717, 1.165) is 29.8 Å². The maximum atomic E-state index is 13.3. The molecule has 0 aliphatic heterocycles. The van der Waals surface area contributed by atoms with Gasteiger partial charge in [0.2, 0.25) is 5.91 Å². The van der Waals surface area contributed by atoms with Crippen LogP contribution in [0.2, 0.25) is 0 Å². The lowest BCUT2D eigenvalue weighted by atomic mass is 10.1. The van der Waals surface area contributed by atoms with Gasteiger partial charge in [0.1, 0.15) is 16.5 Å². The number of hydrogen-bond donors (Lipinski definition) is 0. The average Bonchev–Trinajstić information content (AvgIpc) is 2.79. The Morgan fingerprint density at radius 2 is 1.38 bits per heavy atom. The van der Waals surface area contributed by atoms with Crippen LogP contribution in [0.25, 0.3) is 0 Å². The molecular formula is C25H25F2NO5S. The highest BCUT2D eigenvalue weighted by atomic mass is 32.2. The molecule has 9 heteroatoms. The second kappa shape index (κ2) is 10.6. The van der Waals surface area contributed by atoms with Gasteiger partial charge in [-0.05, 0) is 59.7 Å². The fourth-order valence-corrected chi connectivity index (χ4v) is 4.19. The van der Waals surface area contributed by atoms with Crippen LogP contribution in [0.3, 0.4) is 0 Å². The average molecular weight is 490 g/mol. The van der Waals surface area contributed by atoms with E-state index in [2.05, 4.69) is 0 Å². The van der Waals surface area contributed by atoms with Gasteiger partial charge in [-0.2, -0.15) is 8.42 Å². The SMILES string of the molecule is COc1ccc(CN(Cc2ccc(F)cc2)C(=O)C(C)C)cc1OS(=O)(=O)c1ccc(F)cc1. The molecule has 0 bridgehead atoms. The highest BCUT2D eigenvalue weighted by Crippen LogP contribution is 2.31. The van der Waals surface area contributed by atoms with Crippen molar-refractivity contribution >= 4 is 16.0 Å². The number of methoxy groups -OCH3 is 1. The Balaban J connectivity index is 1.89. The van der Waals surface area contributed by atoms with Gasteiger partial charge in [0, 0.05) is 19.0 Å². The first-order valence-electron chi connectivity index (χ1n) is 10.5. The maximum absolute atomic E-state index is 13.3. The first kappa shape index (κ1) is 25.2. The van der Waals surface area contributed by atoms with Crippen molar-refractivity contribution in [3.63, 3.8) is 0 Å². The smallest absolute Gasteiger partial charge is 0.339 e. The molecule has 0 unspecified atom stereocenters. The molecular weight excluding hydrogens is 464 g/mol. The van der Waals surface area contributed by atoms with Crippen molar-refractivity contribution in [2.45, 2.75) is 31.8 Å². The van der Waals surface area contributed by atoms with Crippen molar-refractivity contribution < 1.29 is 30.9 Å². The number of ether oxygens (including phenoxy) is 1. The summed E-state index contributed by atoms with van der Waals surface area (Å²) in [6, 6.07) is 14.8. The monoisotopic (exact) mass is 489 g/mol. The Bertz CT molecular complexity index is 1240. The van der Waals surface area contributed by atoms with Crippen molar-refractivity contribution in [2.75, 3.05) is 7.11 Å². The first-order chi connectivity index (χ1) is 16.1. The molecule has 0 saturated heterocycles. The first-order valence-corrected chi connectivity index (χ1v) is 11.9. The van der Waals surface area contributed by atoms with Gasteiger partial charge in [0.25, 0.3) is 0 Å². The predicted molar refractivity (Wildman–Crippen MR) is 123 cm³/mol. The van der Waals surface area contributed by atoms with Crippen molar-refractivity contribution in [1.82, 2.24) is 4.90 Å². The van der Waals surface area contributed by atoms with Gasteiger partial charge in [-0.15, -0.1) is 0 Å². The van der Waals surface area contributed by atoms with Gasteiger partial charge in [-0.1, -0.05) is 32.0 Å². The highest BCUT2D eigenvalue weighted by molar-refractivity contribution is 7.87. The minimum Gasteiger partial charge on any atom is -0.493 e. The number of halogens is 2. The lowest BCUT2D eigenvalue weighted by molar-refractivity contribution is -0.135. The van der Waals surface area contributed by atoms with Crippen molar-refractivity contribution in [3.05, 3.63) is 89.5 Å². The summed E-state index contributed by atoms with van der Waals surface area (Å²) >= 11 is 0. The van der Waals surface area contributed by atoms with Crippen LogP contribution < -0.4 is 8.92 Å². The topological polar surface area (TPSA) is 72.9 Å². The van der Waals surface area contributed by atoms with Crippen molar-refractivity contribution in [3.8, 4) is 11.5 Å². The van der Waals surface area contributed by atoms with Crippen LogP contribution in [0, 0.1) is 17.6 Å². The van der Waals surface area contributed by atoms with Gasteiger partial charge in [0.15, 0.2) is 11.5 Å². The van der Waals surface area contributed by atoms with Gasteiger partial charge in [-0.3, -0.25) is 4.79 Å². The molecule has 0 saturated carbocycles. The Kier molecular flexibility index (Phi) is 7.88. The van der Waals surface area contributed by atoms with Crippen LogP contribution in [0.4, 0.5) is 8.78 Å². The Labute approximate surface area is 197 Å². The molecule has 0 aliphatic rings. The second-order valence-electron chi connectivity index (χ2n) is 7.95. The summed E-state index contributed by atoms with van der Waals surface area (Å²) in [5, 5.41) is 0. The minimum atomic E-state index is -4.25. The lowest BCUT2D eigenvalue weighted by Gasteiger charge is -2.25. The van der Waals surface area contributed by atoms with E-state index in [-0.39, 0.29) is 47.1 Å². The number of nitrogens with zero attached hydrogens (tertiary/aromatic N) is 1. The molecule has 180 valence electrons. The van der Waals surface area contributed by atoms with Crippen LogP contribution in [0.15, 0.2) is 71.6 Å². The summed E-state index contributed by atoms with van der Waals surface area (Å²) in [5.74, 6) is -1.24. The zero-order chi connectivity index (χ0) is 24.9. The van der Waals surface area contributed by atoms with E-state index in [9.17, 15) is 22.0 Å². The number of carbonyl (C=O) groups excluding carboxylic acids is 1. The number of hydrogen-bond acceptors (Lipinski definition) is 5. The molecule has 34 heavy (non-hydrogen) atoms. The highest BCUT2D eigenvalue weighted by Gasteiger charge is 2.22. The molecule has 3 aromatic carbocycles. The zero-order valence-electron chi connectivity index (χ0n) is 19.0. The van der Waals surface area contributed by atoms with E-state index in [1.807, 2.05) is 0 Å². The molecule has 0 fully saturated rings. The number of benzene rings is 3. The van der Waals surface area contributed by atoms with Gasteiger partial charge >= 0.3 is 10.1 Å². The van der Waals surface area contributed by atoms with Crippen LogP contribution in [0.1, 0.15) is 25.0 Å². The van der Waals surface area contributed by atoms with Crippen molar-refractivity contribution in [2.24, 2.45) is 5.92 Å². The Morgan fingerprint density at radius 3 is 1.94 bits per heavy atom. The van der Waals surface area contributed by atoms with Crippen LogP contribution in [-0.4, -0.2) is 26.3 Å². The summed E-state index contributed by atoms with van der Waals surface area (Å²) in [6.45, 7) is 3.95. The second-order valence-corrected chi connectivity index (χ2v) is 9.50. The van der Waals surface area contributed by atoms with Gasteiger partial charge < -0.3 is 13.8 Å². The van der Waals surface area contributed by atoms with Crippen LogP contribution in [-0.2, 0) is 28.0 Å². The van der Waals surface area contributed by atoms with E-state index < -0.39 is 15.9 Å². The summed E-state index contributed by atoms with van der Waals surface area (Å²) in [6.07, 6.45) is 0. The molecule has 3 rings (SSSR count). The molecule has 0 heterocycles. The summed E-state index contributed by atoms with van der Waals surface area (Å²) in [7, 11) is -2.88. The molecule has 3 aromatic rings. The lowest BCUT2D eigenvalue weighted by Crippen LogP contribution is -2.33. The van der Waals surface area contributed by atoms with E-state index in [0.29, 0.717) is 5.56 Å². The normalized spacial score (nSPS) is 11.4. The van der Waals surface area contributed by atoms with E-state index in [1.165, 1.54) is 25.3 Å². The quantitative estimate of drug-likeness (QED) is 0.399. The molecule has 1 amide bonds. The largest absolute Gasteiger partial charge is 0.493 e. The third-order valence-corrected chi connectivity index (χ3v) is 6.24. The fourth-order valence-electron chi connectivity index (χ4n) is 3.26. The van der Waals surface area contributed by atoms with E-state index in [1.54, 1.807) is 43.0 Å². The standard InChI is InChI=1S/C25H25F2NO5S/c1-17(2)25(29)28(15-18-4-7-20(26)8-5-18)16-19-6-13-23(32-3)24(14-19)33-34(30,31)22-11-9-21(27)10-12-22/h4-14,17H,15-16H2,1-3H3. The van der Waals surface area contributed by atoms with E-state index in [4.69, 9.17) is 8.92 Å². The van der Waals surface area contributed by atoms with Gasteiger partial charge in [0.05, 0.1) is 7.11 Å². The fraction of sp³-hybridized carbons (Fsp3) is 0.240. The zero-order valence-corrected chi connectivity index (χ0v) is 19.8. The number of amides is 1. The molecule has 0 aliphatic carbocycles. The number of carbonyl (C=O) groups is 1. The number of rotatable bonds is 9. The Morgan fingerprint density at radius 1 is 0.853 bits per heavy atom. The third kappa shape index (κ3) is 6.32. The molecule has 0 radical (unpaired) electrons. The molecule has 0 aromatic heterocycles. The minimum absolute atomic E-state index is 0.0666. The molecule has 0 atom stereocenters. The summed E-state index contributed by atoms with van der Waals surface area (Å²) < 4.78 is 62.4. The molecule has 0 N–H and O–H groups in total. The maximum Gasteiger partial charge on any atom is 0.339 e. The molecule has 0 spiro atoms. The summed E-state index contributed by atoms with van der Waals surface area (Å²) in [5.41, 5.74) is 1.35. The Hall–Kier alpha value is -3.46. The molecule has 6 nitrogen and oxygen atoms in total. The van der Waals surface area contributed by atoms with Crippen LogP contribution >= 0.6 is 0 Å². The van der Waals surface area contributed by atoms with Crippen molar-refractivity contribution in [1.29, 1.82) is 0 Å².